The fraction of sp³-hybridized carbons (Fsp3) is 0. The normalized spacial score (nSPS) is 12.0. The summed E-state index contributed by atoms with van der Waals surface area (Å²) in [6.07, 6.45) is 0. The van der Waals surface area contributed by atoms with Gasteiger partial charge in [0.05, 0.1) is 0 Å². The molecule has 0 saturated heterocycles. The van der Waals surface area contributed by atoms with E-state index in [9.17, 15) is 0 Å². The van der Waals surface area contributed by atoms with E-state index in [1.807, 2.05) is 0 Å². The average Bonchev–Trinajstić information content (AvgIpc) is 2.97. The number of hydrogen-bond acceptors (Lipinski definition) is 0. The van der Waals surface area contributed by atoms with Crippen molar-refractivity contribution >= 4 is 79.6 Å². The molecule has 0 heterocycles. The molecule has 0 aliphatic heterocycles. The quantitative estimate of drug-likeness (QED) is 0.122. The van der Waals surface area contributed by atoms with Gasteiger partial charge < -0.3 is 0 Å². The molecule has 0 saturated carbocycles. The van der Waals surface area contributed by atoms with Gasteiger partial charge in [0, 0.05) is 0 Å². The molecule has 0 atom stereocenters. The van der Waals surface area contributed by atoms with Crippen LogP contribution in [0.25, 0.3) is 43.1 Å². The Morgan fingerprint density at radius 1 is 0.361 bits per heavy atom. The third-order valence-electron chi connectivity index (χ3n) is 7.31. The second-order valence-corrected chi connectivity index (χ2v) is 15.4. The first kappa shape index (κ1) is 21.8. The molecule has 7 rings (SSSR count). The first-order chi connectivity index (χ1) is 17.8. The first-order valence-corrected chi connectivity index (χ1v) is 16.2. The molecular formula is C34H23PSe. The van der Waals surface area contributed by atoms with Crippen LogP contribution in [0.2, 0.25) is 0 Å². The molecule has 0 aliphatic carbocycles. The molecule has 0 amide bonds. The molecule has 0 bridgehead atoms. The van der Waals surface area contributed by atoms with Crippen molar-refractivity contribution in [1.29, 1.82) is 0 Å². The van der Waals surface area contributed by atoms with Gasteiger partial charge in [-0.3, -0.25) is 0 Å². The fourth-order valence-electron chi connectivity index (χ4n) is 5.71. The number of rotatable bonds is 3. The van der Waals surface area contributed by atoms with E-state index in [0.717, 1.165) is 0 Å². The van der Waals surface area contributed by atoms with Gasteiger partial charge in [0.1, 0.15) is 0 Å². The van der Waals surface area contributed by atoms with Crippen LogP contribution in [0.1, 0.15) is 0 Å². The predicted molar refractivity (Wildman–Crippen MR) is 161 cm³/mol. The van der Waals surface area contributed by atoms with Crippen LogP contribution in [0.15, 0.2) is 140 Å². The summed E-state index contributed by atoms with van der Waals surface area (Å²) in [6, 6.07) is 51.2. The molecule has 0 aliphatic rings. The maximum absolute atomic E-state index is 3.79. The van der Waals surface area contributed by atoms with Gasteiger partial charge in [-0.1, -0.05) is 0 Å². The average molecular weight is 541 g/mol. The third kappa shape index (κ3) is 3.18. The van der Waals surface area contributed by atoms with Crippen LogP contribution in [-0.2, 0) is 0 Å². The zero-order valence-corrected chi connectivity index (χ0v) is 22.2. The van der Waals surface area contributed by atoms with E-state index < -0.39 is 5.51 Å². The van der Waals surface area contributed by atoms with Crippen LogP contribution in [0, 0.1) is 0 Å². The van der Waals surface area contributed by atoms with E-state index in [4.69, 9.17) is 0 Å². The zero-order chi connectivity index (χ0) is 24.1. The van der Waals surface area contributed by atoms with Crippen LogP contribution in [0.5, 0.6) is 0 Å². The molecule has 0 unspecified atom stereocenters. The summed E-state index contributed by atoms with van der Waals surface area (Å²) in [5.74, 6) is 0. The molecular weight excluding hydrogens is 518 g/mol. The van der Waals surface area contributed by atoms with Crippen molar-refractivity contribution in [2.75, 3.05) is 0 Å². The minimum absolute atomic E-state index is 1.31. The Hall–Kier alpha value is -3.47. The van der Waals surface area contributed by atoms with Crippen molar-refractivity contribution in [2.45, 2.75) is 0 Å². The molecule has 0 spiro atoms. The molecule has 0 radical (unpaired) electrons. The van der Waals surface area contributed by atoms with Gasteiger partial charge in [0.2, 0.25) is 0 Å². The molecule has 36 heavy (non-hydrogen) atoms. The summed E-state index contributed by atoms with van der Waals surface area (Å²) in [7, 11) is 0. The first-order valence-electron chi connectivity index (χ1n) is 12.2. The van der Waals surface area contributed by atoms with Gasteiger partial charge >= 0.3 is 219 Å². The van der Waals surface area contributed by atoms with Gasteiger partial charge in [-0.25, -0.2) is 0 Å². The standard InChI is InChI=1S/C34H23PSe/c36-35(24-13-3-1-4-14-24,25-15-5-2-6-16-25)33-23-32-28-19-8-7-17-26(28)27-18-9-11-21-30(27)34(32)31-22-12-10-20-29(31)33/h1-23H. The number of fused-ring (bicyclic) bond motifs is 8. The SMILES string of the molecule is [Se]=P(c1ccccc1)(c1ccccc1)c1cc2c3ccccc3c3ccccc3c2c2ccccc12. The minimum atomic E-state index is -2.04. The van der Waals surface area contributed by atoms with E-state index in [-0.39, 0.29) is 0 Å². The predicted octanol–water partition coefficient (Wildman–Crippen LogP) is 7.68. The maximum atomic E-state index is 3.79. The second-order valence-electron chi connectivity index (χ2n) is 9.24. The molecule has 7 aromatic carbocycles. The van der Waals surface area contributed by atoms with Gasteiger partial charge in [-0.2, -0.15) is 0 Å². The second kappa shape index (κ2) is 8.58. The summed E-state index contributed by atoms with van der Waals surface area (Å²) in [4.78, 5) is 0. The van der Waals surface area contributed by atoms with Crippen LogP contribution in [-0.4, -0.2) is 15.1 Å². The molecule has 0 N–H and O–H groups in total. The number of hydrogen-bond donors (Lipinski definition) is 0. The van der Waals surface area contributed by atoms with Crippen molar-refractivity contribution in [3.05, 3.63) is 140 Å². The van der Waals surface area contributed by atoms with E-state index in [1.165, 1.54) is 59.0 Å². The summed E-state index contributed by atoms with van der Waals surface area (Å²) < 4.78 is 0. The monoisotopic (exact) mass is 542 g/mol. The Morgan fingerprint density at radius 2 is 0.722 bits per heavy atom. The van der Waals surface area contributed by atoms with Gasteiger partial charge in [0.25, 0.3) is 0 Å². The molecule has 0 fully saturated rings. The molecule has 2 heteroatoms. The van der Waals surface area contributed by atoms with E-state index in [1.54, 1.807) is 0 Å². The van der Waals surface area contributed by atoms with Crippen molar-refractivity contribution in [3.8, 4) is 0 Å². The van der Waals surface area contributed by atoms with E-state index in [2.05, 4.69) is 155 Å². The van der Waals surface area contributed by atoms with Crippen molar-refractivity contribution in [1.82, 2.24) is 0 Å². The number of benzene rings is 7. The van der Waals surface area contributed by atoms with Crippen molar-refractivity contribution in [3.63, 3.8) is 0 Å². The Morgan fingerprint density at radius 3 is 1.25 bits per heavy atom. The Bertz CT molecular complexity index is 1910. The van der Waals surface area contributed by atoms with Crippen LogP contribution < -0.4 is 15.9 Å². The molecule has 7 aromatic rings. The van der Waals surface area contributed by atoms with E-state index >= 15 is 0 Å². The summed E-state index contributed by atoms with van der Waals surface area (Å²) in [5, 5.41) is 14.7. The van der Waals surface area contributed by atoms with Crippen molar-refractivity contribution in [2.24, 2.45) is 0 Å². The van der Waals surface area contributed by atoms with Gasteiger partial charge in [0.15, 0.2) is 0 Å². The fourth-order valence-corrected chi connectivity index (χ4v) is 11.1. The van der Waals surface area contributed by atoms with Gasteiger partial charge in [-0.05, 0) is 0 Å². The van der Waals surface area contributed by atoms with Crippen LogP contribution in [0.3, 0.4) is 0 Å². The third-order valence-corrected chi connectivity index (χ3v) is 14.3. The van der Waals surface area contributed by atoms with E-state index in [0.29, 0.717) is 0 Å². The van der Waals surface area contributed by atoms with Crippen molar-refractivity contribution < 1.29 is 0 Å². The molecule has 0 aromatic heterocycles. The summed E-state index contributed by atoms with van der Waals surface area (Å²) >= 11 is 3.79. The Balaban J connectivity index is 1.74. The Kier molecular flexibility index (Phi) is 5.19. The Labute approximate surface area is 218 Å². The summed E-state index contributed by atoms with van der Waals surface area (Å²) in [6.45, 7) is 0. The zero-order valence-electron chi connectivity index (χ0n) is 19.6. The topological polar surface area (TPSA) is 0 Å². The van der Waals surface area contributed by atoms with Crippen LogP contribution >= 0.6 is 5.51 Å². The summed E-state index contributed by atoms with van der Waals surface area (Å²) in [5.41, 5.74) is -2.04. The van der Waals surface area contributed by atoms with Gasteiger partial charge in [-0.15, -0.1) is 0 Å². The molecule has 170 valence electrons. The molecule has 0 nitrogen and oxygen atoms in total. The van der Waals surface area contributed by atoms with Crippen LogP contribution in [0.4, 0.5) is 0 Å².